The molecule has 0 radical (unpaired) electrons. The summed E-state index contributed by atoms with van der Waals surface area (Å²) >= 11 is 0.421. The molecule has 10 heteroatoms. The van der Waals surface area contributed by atoms with E-state index >= 15 is 0 Å². The Morgan fingerprint density at radius 3 is 2.37 bits per heavy atom. The number of carboxylic acid groups (broad SMARTS) is 1. The van der Waals surface area contributed by atoms with Gasteiger partial charge < -0.3 is 5.11 Å². The van der Waals surface area contributed by atoms with Gasteiger partial charge in [-0.3, -0.25) is 0 Å². The highest BCUT2D eigenvalue weighted by molar-refractivity contribution is 7.91. The monoisotopic (exact) mass is 317 g/mol. The van der Waals surface area contributed by atoms with Gasteiger partial charge in [-0.15, -0.1) is 11.3 Å². The van der Waals surface area contributed by atoms with E-state index < -0.39 is 32.9 Å². The Hall–Kier alpha value is -1.13. The third kappa shape index (κ3) is 3.91. The normalized spacial score (nSPS) is 12.9. The van der Waals surface area contributed by atoms with Crippen LogP contribution in [0.5, 0.6) is 0 Å². The SMILES string of the molecule is CCN(CC(F)(F)F)S(=O)(=O)c1ccc(C(=O)O)s1. The number of sulfonamides is 1. The Morgan fingerprint density at radius 1 is 1.42 bits per heavy atom. The Kier molecular flexibility index (Phi) is 4.59. The van der Waals surface area contributed by atoms with Crippen molar-refractivity contribution in [2.75, 3.05) is 13.1 Å². The number of aromatic carboxylic acids is 1. The first-order valence-electron chi connectivity index (χ1n) is 4.98. The van der Waals surface area contributed by atoms with Crippen molar-refractivity contribution in [3.63, 3.8) is 0 Å². The van der Waals surface area contributed by atoms with Gasteiger partial charge in [0.1, 0.15) is 15.6 Å². The summed E-state index contributed by atoms with van der Waals surface area (Å²) in [6.07, 6.45) is -4.66. The Labute approximate surface area is 111 Å². The van der Waals surface area contributed by atoms with Crippen LogP contribution in [-0.4, -0.2) is 43.1 Å². The quantitative estimate of drug-likeness (QED) is 0.901. The van der Waals surface area contributed by atoms with Crippen LogP contribution in [0.3, 0.4) is 0 Å². The molecule has 0 saturated heterocycles. The molecule has 0 aliphatic rings. The number of alkyl halides is 3. The Bertz CT molecular complexity index is 564. The van der Waals surface area contributed by atoms with Crippen molar-refractivity contribution in [3.8, 4) is 0 Å². The number of carbonyl (C=O) groups is 1. The summed E-state index contributed by atoms with van der Waals surface area (Å²) in [5, 5.41) is 8.67. The van der Waals surface area contributed by atoms with Crippen LogP contribution in [0.4, 0.5) is 13.2 Å². The van der Waals surface area contributed by atoms with E-state index in [1.807, 2.05) is 0 Å². The molecule has 1 N–H and O–H groups in total. The van der Waals surface area contributed by atoms with E-state index in [1.54, 1.807) is 0 Å². The van der Waals surface area contributed by atoms with Crippen LogP contribution in [0.1, 0.15) is 16.6 Å². The number of halogens is 3. The summed E-state index contributed by atoms with van der Waals surface area (Å²) < 4.78 is 60.5. The average Bonchev–Trinajstić information content (AvgIpc) is 2.74. The highest BCUT2D eigenvalue weighted by Crippen LogP contribution is 2.27. The van der Waals surface area contributed by atoms with Crippen LogP contribution in [-0.2, 0) is 10.0 Å². The van der Waals surface area contributed by atoms with Gasteiger partial charge in [0.05, 0.1) is 0 Å². The predicted molar refractivity (Wildman–Crippen MR) is 61.8 cm³/mol. The molecule has 5 nitrogen and oxygen atoms in total. The van der Waals surface area contributed by atoms with Crippen LogP contribution in [0.15, 0.2) is 16.3 Å². The van der Waals surface area contributed by atoms with E-state index in [2.05, 4.69) is 0 Å². The summed E-state index contributed by atoms with van der Waals surface area (Å²) in [5.41, 5.74) is 0. The molecule has 0 saturated carbocycles. The fourth-order valence-corrected chi connectivity index (χ4v) is 4.00. The summed E-state index contributed by atoms with van der Waals surface area (Å²) in [4.78, 5) is 10.4. The summed E-state index contributed by atoms with van der Waals surface area (Å²) in [7, 11) is -4.33. The number of hydrogen-bond donors (Lipinski definition) is 1. The fraction of sp³-hybridized carbons (Fsp3) is 0.444. The molecule has 1 aromatic rings. The van der Waals surface area contributed by atoms with Crippen molar-refractivity contribution in [2.24, 2.45) is 0 Å². The first-order valence-corrected chi connectivity index (χ1v) is 7.23. The lowest BCUT2D eigenvalue weighted by atomic mass is 10.5. The molecule has 0 amide bonds. The lowest BCUT2D eigenvalue weighted by Gasteiger charge is -2.20. The van der Waals surface area contributed by atoms with Gasteiger partial charge in [-0.25, -0.2) is 13.2 Å². The maximum absolute atomic E-state index is 12.3. The van der Waals surface area contributed by atoms with Crippen molar-refractivity contribution >= 4 is 27.3 Å². The minimum atomic E-state index is -4.66. The molecule has 0 aliphatic carbocycles. The molecular weight excluding hydrogens is 307 g/mol. The Morgan fingerprint density at radius 2 is 2.00 bits per heavy atom. The largest absolute Gasteiger partial charge is 0.477 e. The average molecular weight is 317 g/mol. The van der Waals surface area contributed by atoms with E-state index in [4.69, 9.17) is 5.11 Å². The highest BCUT2D eigenvalue weighted by atomic mass is 32.2. The van der Waals surface area contributed by atoms with E-state index in [-0.39, 0.29) is 15.7 Å². The highest BCUT2D eigenvalue weighted by Gasteiger charge is 2.36. The summed E-state index contributed by atoms with van der Waals surface area (Å²) in [6, 6.07) is 2.03. The number of nitrogens with zero attached hydrogens (tertiary/aromatic N) is 1. The fourth-order valence-electron chi connectivity index (χ4n) is 1.27. The van der Waals surface area contributed by atoms with Gasteiger partial charge in [0.15, 0.2) is 0 Å². The van der Waals surface area contributed by atoms with Crippen LogP contribution < -0.4 is 0 Å². The van der Waals surface area contributed by atoms with Crippen molar-refractivity contribution in [2.45, 2.75) is 17.3 Å². The number of rotatable bonds is 5. The molecular formula is C9H10F3NO4S2. The number of hydrogen-bond acceptors (Lipinski definition) is 4. The molecule has 0 spiro atoms. The smallest absolute Gasteiger partial charge is 0.402 e. The number of thiophene rings is 1. The summed E-state index contributed by atoms with van der Waals surface area (Å²) in [5.74, 6) is -1.33. The standard InChI is InChI=1S/C9H10F3NO4S2/c1-2-13(5-9(10,11)12)19(16,17)7-4-3-6(18-7)8(14)15/h3-4H,2,5H2,1H3,(H,14,15). The predicted octanol–water partition coefficient (Wildman–Crippen LogP) is 2.02. The first-order chi connectivity index (χ1) is 8.58. The first kappa shape index (κ1) is 15.9. The van der Waals surface area contributed by atoms with Crippen molar-refractivity contribution in [1.29, 1.82) is 0 Å². The molecule has 108 valence electrons. The molecule has 0 bridgehead atoms. The topological polar surface area (TPSA) is 74.7 Å². The zero-order valence-corrected chi connectivity index (χ0v) is 11.3. The van der Waals surface area contributed by atoms with E-state index in [9.17, 15) is 26.4 Å². The molecule has 1 rings (SSSR count). The van der Waals surface area contributed by atoms with Gasteiger partial charge in [-0.1, -0.05) is 6.92 Å². The van der Waals surface area contributed by atoms with Crippen molar-refractivity contribution < 1.29 is 31.5 Å². The van der Waals surface area contributed by atoms with Gasteiger partial charge in [0.2, 0.25) is 0 Å². The second-order valence-corrected chi connectivity index (χ2v) is 6.72. The van der Waals surface area contributed by atoms with Gasteiger partial charge in [0, 0.05) is 6.54 Å². The minimum absolute atomic E-state index is 0.248. The van der Waals surface area contributed by atoms with Gasteiger partial charge in [0.25, 0.3) is 10.0 Å². The van der Waals surface area contributed by atoms with Gasteiger partial charge >= 0.3 is 12.1 Å². The number of carboxylic acids is 1. The second kappa shape index (κ2) is 5.47. The summed E-state index contributed by atoms with van der Waals surface area (Å²) in [6.45, 7) is -0.691. The molecule has 0 fully saturated rings. The maximum Gasteiger partial charge on any atom is 0.402 e. The molecule has 1 heterocycles. The third-order valence-corrected chi connectivity index (χ3v) is 5.56. The molecule has 0 unspecified atom stereocenters. The van der Waals surface area contributed by atoms with E-state index in [1.165, 1.54) is 6.92 Å². The van der Waals surface area contributed by atoms with Crippen LogP contribution in [0.25, 0.3) is 0 Å². The van der Waals surface area contributed by atoms with E-state index in [0.717, 1.165) is 12.1 Å². The lowest BCUT2D eigenvalue weighted by Crippen LogP contribution is -2.38. The molecule has 1 aromatic heterocycles. The molecule has 0 aliphatic heterocycles. The van der Waals surface area contributed by atoms with Crippen LogP contribution >= 0.6 is 11.3 Å². The van der Waals surface area contributed by atoms with Crippen LogP contribution in [0, 0.1) is 0 Å². The Balaban J connectivity index is 3.10. The van der Waals surface area contributed by atoms with Crippen molar-refractivity contribution in [1.82, 2.24) is 4.31 Å². The molecule has 0 atom stereocenters. The second-order valence-electron chi connectivity index (χ2n) is 3.47. The van der Waals surface area contributed by atoms with E-state index in [0.29, 0.717) is 11.3 Å². The minimum Gasteiger partial charge on any atom is -0.477 e. The van der Waals surface area contributed by atoms with Crippen LogP contribution in [0.2, 0.25) is 0 Å². The van der Waals surface area contributed by atoms with Crippen molar-refractivity contribution in [3.05, 3.63) is 17.0 Å². The molecule has 0 aromatic carbocycles. The van der Waals surface area contributed by atoms with Gasteiger partial charge in [-0.05, 0) is 12.1 Å². The zero-order valence-electron chi connectivity index (χ0n) is 9.64. The van der Waals surface area contributed by atoms with Gasteiger partial charge in [-0.2, -0.15) is 17.5 Å². The maximum atomic E-state index is 12.3. The zero-order chi connectivity index (χ0) is 14.8. The third-order valence-electron chi connectivity index (χ3n) is 2.09. The lowest BCUT2D eigenvalue weighted by molar-refractivity contribution is -0.135. The molecule has 19 heavy (non-hydrogen) atoms.